The fourth-order valence-corrected chi connectivity index (χ4v) is 1.41. The van der Waals surface area contributed by atoms with Crippen molar-refractivity contribution >= 4 is 5.91 Å². The van der Waals surface area contributed by atoms with Gasteiger partial charge in [0.2, 0.25) is 5.91 Å². The summed E-state index contributed by atoms with van der Waals surface area (Å²) in [5.41, 5.74) is 5.76. The summed E-state index contributed by atoms with van der Waals surface area (Å²) in [4.78, 5) is 13.7. The summed E-state index contributed by atoms with van der Waals surface area (Å²) in [6.07, 6.45) is 5.08. The van der Waals surface area contributed by atoms with Gasteiger partial charge < -0.3 is 10.6 Å². The second-order valence-electron chi connectivity index (χ2n) is 4.89. The van der Waals surface area contributed by atoms with Crippen LogP contribution < -0.4 is 5.73 Å². The van der Waals surface area contributed by atoms with E-state index in [-0.39, 0.29) is 11.3 Å². The molecule has 1 rings (SSSR count). The van der Waals surface area contributed by atoms with Crippen molar-refractivity contribution in [2.45, 2.75) is 33.2 Å². The normalized spacial score (nSPS) is 19.6. The van der Waals surface area contributed by atoms with Crippen LogP contribution in [-0.2, 0) is 4.79 Å². The maximum atomic E-state index is 11.9. The van der Waals surface area contributed by atoms with E-state index in [9.17, 15) is 4.79 Å². The van der Waals surface area contributed by atoms with Crippen molar-refractivity contribution in [3.8, 4) is 0 Å². The largest absolute Gasteiger partial charge is 0.337 e. The predicted octanol–water partition coefficient (Wildman–Crippen LogP) is 1.15. The van der Waals surface area contributed by atoms with Gasteiger partial charge in [0.1, 0.15) is 0 Å². The molecule has 0 aromatic carbocycles. The number of hydrogen-bond acceptors (Lipinski definition) is 2. The summed E-state index contributed by atoms with van der Waals surface area (Å²) in [6, 6.07) is -0.394. The highest BCUT2D eigenvalue weighted by Gasteiger charge is 2.30. The molecule has 2 N–H and O–H groups in total. The lowest BCUT2D eigenvalue weighted by molar-refractivity contribution is -0.134. The Hall–Kier alpha value is -0.830. The predicted molar refractivity (Wildman–Crippen MR) is 57.8 cm³/mol. The van der Waals surface area contributed by atoms with Crippen LogP contribution >= 0.6 is 0 Å². The van der Waals surface area contributed by atoms with Crippen molar-refractivity contribution in [3.05, 3.63) is 12.2 Å². The van der Waals surface area contributed by atoms with Crippen LogP contribution in [0.2, 0.25) is 0 Å². The van der Waals surface area contributed by atoms with E-state index < -0.39 is 6.04 Å². The van der Waals surface area contributed by atoms with Crippen molar-refractivity contribution in [1.82, 2.24) is 4.90 Å². The first-order valence-electron chi connectivity index (χ1n) is 5.12. The molecule has 0 unspecified atom stereocenters. The van der Waals surface area contributed by atoms with Gasteiger partial charge in [-0.3, -0.25) is 4.79 Å². The molecule has 0 saturated heterocycles. The Kier molecular flexibility index (Phi) is 3.32. The van der Waals surface area contributed by atoms with Crippen LogP contribution in [0.1, 0.15) is 27.2 Å². The molecule has 1 aliphatic heterocycles. The molecule has 1 atom stereocenters. The van der Waals surface area contributed by atoms with Crippen molar-refractivity contribution in [3.63, 3.8) is 0 Å². The smallest absolute Gasteiger partial charge is 0.240 e. The van der Waals surface area contributed by atoms with Gasteiger partial charge in [-0.2, -0.15) is 0 Å². The molecule has 3 heteroatoms. The average Bonchev–Trinajstić information content (AvgIpc) is 2.15. The SMILES string of the molecule is CC(C)(C)[C@H](N)C(=O)N1CC=CCC1. The Morgan fingerprint density at radius 1 is 1.43 bits per heavy atom. The first-order chi connectivity index (χ1) is 6.43. The highest BCUT2D eigenvalue weighted by molar-refractivity contribution is 5.82. The maximum Gasteiger partial charge on any atom is 0.240 e. The molecular formula is C11H20N2O. The molecule has 3 nitrogen and oxygen atoms in total. The van der Waals surface area contributed by atoms with Crippen LogP contribution in [0.25, 0.3) is 0 Å². The van der Waals surface area contributed by atoms with E-state index in [0.717, 1.165) is 13.0 Å². The molecule has 0 spiro atoms. The number of nitrogens with zero attached hydrogens (tertiary/aromatic N) is 1. The van der Waals surface area contributed by atoms with Gasteiger partial charge in [-0.1, -0.05) is 32.9 Å². The van der Waals surface area contributed by atoms with E-state index in [1.807, 2.05) is 31.7 Å². The van der Waals surface area contributed by atoms with Gasteiger partial charge in [-0.15, -0.1) is 0 Å². The zero-order valence-electron chi connectivity index (χ0n) is 9.29. The molecule has 0 saturated carbocycles. The van der Waals surface area contributed by atoms with Crippen LogP contribution in [0.5, 0.6) is 0 Å². The van der Waals surface area contributed by atoms with Gasteiger partial charge in [0, 0.05) is 13.1 Å². The van der Waals surface area contributed by atoms with Crippen LogP contribution in [0.3, 0.4) is 0 Å². The van der Waals surface area contributed by atoms with Crippen molar-refractivity contribution < 1.29 is 4.79 Å². The number of carbonyl (C=O) groups is 1. The minimum atomic E-state index is -0.394. The second-order valence-corrected chi connectivity index (χ2v) is 4.89. The highest BCUT2D eigenvalue weighted by Crippen LogP contribution is 2.19. The van der Waals surface area contributed by atoms with Crippen molar-refractivity contribution in [2.24, 2.45) is 11.1 Å². The molecular weight excluding hydrogens is 176 g/mol. The summed E-state index contributed by atoms with van der Waals surface area (Å²) in [7, 11) is 0. The van der Waals surface area contributed by atoms with Gasteiger partial charge in [0.05, 0.1) is 6.04 Å². The monoisotopic (exact) mass is 196 g/mol. The molecule has 1 heterocycles. The standard InChI is InChI=1S/C11H20N2O/c1-11(2,3)9(12)10(14)13-7-5-4-6-8-13/h4-5,9H,6-8,12H2,1-3H3/t9-/m1/s1. The minimum Gasteiger partial charge on any atom is -0.337 e. The highest BCUT2D eigenvalue weighted by atomic mass is 16.2. The van der Waals surface area contributed by atoms with Crippen molar-refractivity contribution in [1.29, 1.82) is 0 Å². The van der Waals surface area contributed by atoms with Gasteiger partial charge in [-0.05, 0) is 11.8 Å². The lowest BCUT2D eigenvalue weighted by atomic mass is 9.86. The summed E-state index contributed by atoms with van der Waals surface area (Å²) in [5.74, 6) is 0.0712. The number of amides is 1. The lowest BCUT2D eigenvalue weighted by Crippen LogP contribution is -2.51. The molecule has 0 aromatic rings. The van der Waals surface area contributed by atoms with Crippen LogP contribution in [0.4, 0.5) is 0 Å². The molecule has 80 valence electrons. The lowest BCUT2D eigenvalue weighted by Gasteiger charge is -2.32. The topological polar surface area (TPSA) is 46.3 Å². The number of nitrogens with two attached hydrogens (primary N) is 1. The summed E-state index contributed by atoms with van der Waals surface area (Å²) >= 11 is 0. The molecule has 0 bridgehead atoms. The van der Waals surface area contributed by atoms with Crippen LogP contribution in [0, 0.1) is 5.41 Å². The molecule has 0 radical (unpaired) electrons. The average molecular weight is 196 g/mol. The third-order valence-corrected chi connectivity index (χ3v) is 2.57. The van der Waals surface area contributed by atoms with E-state index in [2.05, 4.69) is 6.08 Å². The third-order valence-electron chi connectivity index (χ3n) is 2.57. The molecule has 0 aliphatic carbocycles. The quantitative estimate of drug-likeness (QED) is 0.639. The van der Waals surface area contributed by atoms with Gasteiger partial charge in [0.25, 0.3) is 0 Å². The van der Waals surface area contributed by atoms with Gasteiger partial charge >= 0.3 is 0 Å². The summed E-state index contributed by atoms with van der Waals surface area (Å²) in [6.45, 7) is 7.50. The zero-order valence-corrected chi connectivity index (χ0v) is 9.29. The van der Waals surface area contributed by atoms with Gasteiger partial charge in [-0.25, -0.2) is 0 Å². The van der Waals surface area contributed by atoms with E-state index in [1.165, 1.54) is 0 Å². The zero-order chi connectivity index (χ0) is 10.8. The van der Waals surface area contributed by atoms with Gasteiger partial charge in [0.15, 0.2) is 0 Å². The number of hydrogen-bond donors (Lipinski definition) is 1. The summed E-state index contributed by atoms with van der Waals surface area (Å²) < 4.78 is 0. The maximum absolute atomic E-state index is 11.9. The minimum absolute atomic E-state index is 0.0712. The second kappa shape index (κ2) is 4.13. The fraction of sp³-hybridized carbons (Fsp3) is 0.727. The molecule has 14 heavy (non-hydrogen) atoms. The molecule has 0 aromatic heterocycles. The summed E-state index contributed by atoms with van der Waals surface area (Å²) in [5, 5.41) is 0. The number of carbonyl (C=O) groups excluding carboxylic acids is 1. The Bertz CT molecular complexity index is 240. The molecule has 0 fully saturated rings. The first-order valence-corrected chi connectivity index (χ1v) is 5.12. The first kappa shape index (κ1) is 11.2. The van der Waals surface area contributed by atoms with E-state index >= 15 is 0 Å². The Morgan fingerprint density at radius 2 is 2.07 bits per heavy atom. The Morgan fingerprint density at radius 3 is 2.50 bits per heavy atom. The Balaban J connectivity index is 2.60. The van der Waals surface area contributed by atoms with Crippen LogP contribution in [-0.4, -0.2) is 29.9 Å². The van der Waals surface area contributed by atoms with Crippen LogP contribution in [0.15, 0.2) is 12.2 Å². The fourth-order valence-electron chi connectivity index (χ4n) is 1.41. The molecule has 1 amide bonds. The van der Waals surface area contributed by atoms with E-state index in [4.69, 9.17) is 5.73 Å². The molecule has 1 aliphatic rings. The third kappa shape index (κ3) is 2.58. The van der Waals surface area contributed by atoms with Crippen molar-refractivity contribution in [2.75, 3.05) is 13.1 Å². The van der Waals surface area contributed by atoms with E-state index in [1.54, 1.807) is 0 Å². The Labute approximate surface area is 86.0 Å². The van der Waals surface area contributed by atoms with E-state index in [0.29, 0.717) is 6.54 Å². The number of rotatable bonds is 1.